The smallest absolute Gasteiger partial charge is 0.238 e. The van der Waals surface area contributed by atoms with Crippen molar-refractivity contribution in [1.82, 2.24) is 10.6 Å². The number of carbonyl (C=O) groups excluding carboxylic acids is 1. The number of nitrogens with two attached hydrogens (primary N) is 1. The monoisotopic (exact) mass is 407 g/mol. The SMILES string of the molecule is [2H]C(C)(N)C(C)(C)C([2H])([2H])C(C)(C)[C@]([2H])(NC)C(=O)N[C@@](C)(CC)C(C)c1ccccc1C. The Morgan fingerprint density at radius 3 is 2.17 bits per heavy atom. The first-order valence-electron chi connectivity index (χ1n) is 12.5. The molecule has 2 unspecified atom stereocenters. The predicted molar refractivity (Wildman–Crippen MR) is 125 cm³/mol. The highest BCUT2D eigenvalue weighted by atomic mass is 16.2. The number of benzene rings is 1. The molecule has 0 spiro atoms. The van der Waals surface area contributed by atoms with Crippen LogP contribution < -0.4 is 16.4 Å². The molecule has 0 bridgehead atoms. The highest BCUT2D eigenvalue weighted by Crippen LogP contribution is 2.39. The summed E-state index contributed by atoms with van der Waals surface area (Å²) >= 11 is 0. The number of nitrogens with one attached hydrogen (secondary N) is 2. The number of carbonyl (C=O) groups is 1. The van der Waals surface area contributed by atoms with E-state index in [-0.39, 0.29) is 5.92 Å². The second kappa shape index (κ2) is 9.61. The molecule has 1 amide bonds. The van der Waals surface area contributed by atoms with Gasteiger partial charge in [0.1, 0.15) is 0 Å². The van der Waals surface area contributed by atoms with Crippen molar-refractivity contribution < 1.29 is 10.3 Å². The minimum absolute atomic E-state index is 0.0364. The maximum absolute atomic E-state index is 13.8. The quantitative estimate of drug-likeness (QED) is 0.524. The molecule has 0 aliphatic heterocycles. The fourth-order valence-corrected chi connectivity index (χ4v) is 3.89. The van der Waals surface area contributed by atoms with Crippen molar-refractivity contribution >= 4 is 5.91 Å². The van der Waals surface area contributed by atoms with Crippen LogP contribution in [0.4, 0.5) is 0 Å². The number of hydrogen-bond donors (Lipinski definition) is 3. The molecule has 0 heterocycles. The summed E-state index contributed by atoms with van der Waals surface area (Å²) in [6, 6.07) is 4.39. The molecule has 4 nitrogen and oxygen atoms in total. The summed E-state index contributed by atoms with van der Waals surface area (Å²) in [5.74, 6) is -0.645. The summed E-state index contributed by atoms with van der Waals surface area (Å²) in [5, 5.41) is 5.89. The average molecular weight is 408 g/mol. The van der Waals surface area contributed by atoms with Gasteiger partial charge >= 0.3 is 0 Å². The van der Waals surface area contributed by atoms with E-state index >= 15 is 0 Å². The molecule has 4 atom stereocenters. The van der Waals surface area contributed by atoms with Crippen LogP contribution in [0, 0.1) is 17.8 Å². The number of rotatable bonds is 10. The Hall–Kier alpha value is -1.39. The van der Waals surface area contributed by atoms with Crippen LogP contribution in [0.25, 0.3) is 0 Å². The Morgan fingerprint density at radius 2 is 1.72 bits per heavy atom. The second-order valence-electron chi connectivity index (χ2n) is 9.49. The van der Waals surface area contributed by atoms with Crippen LogP contribution in [0.2, 0.25) is 0 Å². The summed E-state index contributed by atoms with van der Waals surface area (Å²) in [4.78, 5) is 13.8. The largest absolute Gasteiger partial charge is 0.349 e. The highest BCUT2D eigenvalue weighted by Gasteiger charge is 2.42. The maximum atomic E-state index is 13.8. The lowest BCUT2D eigenvalue weighted by atomic mass is 9.68. The van der Waals surface area contributed by atoms with E-state index in [1.807, 2.05) is 45.0 Å². The normalized spacial score (nSPS) is 22.6. The van der Waals surface area contributed by atoms with Crippen LogP contribution in [0.1, 0.15) is 90.7 Å². The van der Waals surface area contributed by atoms with Crippen LogP contribution in [0.3, 0.4) is 0 Å². The Balaban J connectivity index is 3.48. The lowest BCUT2D eigenvalue weighted by Gasteiger charge is -2.44. The lowest BCUT2D eigenvalue weighted by molar-refractivity contribution is -0.128. The van der Waals surface area contributed by atoms with E-state index in [1.165, 1.54) is 14.0 Å². The van der Waals surface area contributed by atoms with Gasteiger partial charge in [0.25, 0.3) is 0 Å². The molecule has 1 aromatic carbocycles. The fraction of sp³-hybridized carbons (Fsp3) is 0.720. The van der Waals surface area contributed by atoms with Gasteiger partial charge in [-0.05, 0) is 62.6 Å². The van der Waals surface area contributed by atoms with Crippen molar-refractivity contribution in [3.05, 3.63) is 35.4 Å². The molecule has 0 aromatic heterocycles. The molecule has 4 N–H and O–H groups in total. The third kappa shape index (κ3) is 6.05. The lowest BCUT2D eigenvalue weighted by Crippen LogP contribution is -2.59. The van der Waals surface area contributed by atoms with Gasteiger partial charge < -0.3 is 16.4 Å². The zero-order chi connectivity index (χ0) is 26.3. The van der Waals surface area contributed by atoms with Crippen molar-refractivity contribution in [1.29, 1.82) is 0 Å². The molecule has 0 saturated carbocycles. The predicted octanol–water partition coefficient (Wildman–Crippen LogP) is 4.76. The van der Waals surface area contributed by atoms with E-state index < -0.39 is 40.7 Å². The number of aryl methyl sites for hydroxylation is 1. The molecular formula is C25H45N3O. The molecule has 0 radical (unpaired) electrons. The Kier molecular flexibility index (Phi) is 6.49. The van der Waals surface area contributed by atoms with Gasteiger partial charge in [-0.25, -0.2) is 0 Å². The van der Waals surface area contributed by atoms with E-state index in [9.17, 15) is 6.17 Å². The number of amides is 1. The van der Waals surface area contributed by atoms with Gasteiger partial charge in [0.15, 0.2) is 0 Å². The Bertz CT molecular complexity index is 850. The number of hydrogen-bond acceptors (Lipinski definition) is 3. The first kappa shape index (κ1) is 19.6. The van der Waals surface area contributed by atoms with Gasteiger partial charge in [-0.1, -0.05) is 65.8 Å². The van der Waals surface area contributed by atoms with Crippen molar-refractivity contribution in [2.45, 2.75) is 98.6 Å². The van der Waals surface area contributed by atoms with Gasteiger partial charge in [-0.3, -0.25) is 4.79 Å². The van der Waals surface area contributed by atoms with E-state index in [1.54, 1.807) is 27.7 Å². The summed E-state index contributed by atoms with van der Waals surface area (Å²) < 4.78 is 35.5. The third-order valence-electron chi connectivity index (χ3n) is 6.46. The van der Waals surface area contributed by atoms with Gasteiger partial charge in [0.2, 0.25) is 5.91 Å². The molecule has 0 aliphatic carbocycles. The van der Waals surface area contributed by atoms with Gasteiger partial charge in [-0.15, -0.1) is 0 Å². The maximum Gasteiger partial charge on any atom is 0.238 e. The van der Waals surface area contributed by atoms with Crippen molar-refractivity contribution in [2.24, 2.45) is 16.6 Å². The molecule has 0 fully saturated rings. The summed E-state index contributed by atoms with van der Waals surface area (Å²) in [5.41, 5.74) is 4.70. The first-order chi connectivity index (χ1) is 14.7. The zero-order valence-electron chi connectivity index (χ0n) is 24.1. The van der Waals surface area contributed by atoms with Crippen LogP contribution in [0.5, 0.6) is 0 Å². The molecule has 29 heavy (non-hydrogen) atoms. The standard InChI is InChI=1S/C25H45N3O/c1-11-25(9,18(3)20-15-13-12-14-17(20)2)28-22(29)21(27-10)24(7,8)16-23(5,6)19(4)26/h12-15,18-19,21,27H,11,16,26H2,1-10H3,(H,28,29)/t18?,19?,21-,25+/m1/s1/i16D2,19D,21D. The van der Waals surface area contributed by atoms with E-state index in [2.05, 4.69) is 17.6 Å². The molecule has 1 rings (SSSR count). The fourth-order valence-electron chi connectivity index (χ4n) is 3.89. The highest BCUT2D eigenvalue weighted by molar-refractivity contribution is 5.83. The average Bonchev–Trinajstić information content (AvgIpc) is 2.71. The summed E-state index contributed by atoms with van der Waals surface area (Å²) in [7, 11) is 1.49. The van der Waals surface area contributed by atoms with Crippen LogP contribution >= 0.6 is 0 Å². The van der Waals surface area contributed by atoms with Crippen molar-refractivity contribution in [3.63, 3.8) is 0 Å². The molecule has 166 valence electrons. The first-order valence-corrected chi connectivity index (χ1v) is 10.5. The third-order valence-corrected chi connectivity index (χ3v) is 6.46. The van der Waals surface area contributed by atoms with Gasteiger partial charge in [0, 0.05) is 21.6 Å². The van der Waals surface area contributed by atoms with Crippen LogP contribution in [0.15, 0.2) is 24.3 Å². The van der Waals surface area contributed by atoms with E-state index in [0.717, 1.165) is 11.1 Å². The summed E-state index contributed by atoms with van der Waals surface area (Å²) in [6.45, 7) is 15.8. The zero-order valence-corrected chi connectivity index (χ0v) is 20.1. The van der Waals surface area contributed by atoms with E-state index in [0.29, 0.717) is 6.42 Å². The topological polar surface area (TPSA) is 67.1 Å². The molecular weight excluding hydrogens is 358 g/mol. The minimum Gasteiger partial charge on any atom is -0.349 e. The van der Waals surface area contributed by atoms with Crippen molar-refractivity contribution in [3.8, 4) is 0 Å². The van der Waals surface area contributed by atoms with Gasteiger partial charge in [-0.2, -0.15) is 0 Å². The molecule has 0 saturated heterocycles. The number of likely N-dealkylation sites (N-methyl/N-ethyl adjacent to an activating group) is 1. The van der Waals surface area contributed by atoms with Crippen molar-refractivity contribution in [2.75, 3.05) is 7.05 Å². The van der Waals surface area contributed by atoms with Crippen LogP contribution in [-0.4, -0.2) is 30.5 Å². The molecule has 0 aliphatic rings. The minimum atomic E-state index is -2.16. The molecule has 1 aromatic rings. The van der Waals surface area contributed by atoms with E-state index in [4.69, 9.17) is 9.85 Å². The van der Waals surface area contributed by atoms with Gasteiger partial charge in [0.05, 0.1) is 7.39 Å². The van der Waals surface area contributed by atoms with Crippen LogP contribution in [-0.2, 0) is 4.79 Å². The Morgan fingerprint density at radius 1 is 1.17 bits per heavy atom. The summed E-state index contributed by atoms with van der Waals surface area (Å²) in [6.07, 6.45) is -1.53. The second-order valence-corrected chi connectivity index (χ2v) is 9.49. The Labute approximate surface area is 185 Å². The molecule has 4 heteroatoms.